The minimum absolute atomic E-state index is 0.392. The summed E-state index contributed by atoms with van der Waals surface area (Å²) in [6, 6.07) is 0.392. The summed E-state index contributed by atoms with van der Waals surface area (Å²) < 4.78 is 11.0. The molecule has 3 atom stereocenters. The monoisotopic (exact) mass is 239 g/mol. The summed E-state index contributed by atoms with van der Waals surface area (Å²) in [5.74, 6) is 1.31. The van der Waals surface area contributed by atoms with Crippen LogP contribution in [0.4, 0.5) is 0 Å². The number of fused-ring (bicyclic) bond motifs is 1. The lowest BCUT2D eigenvalue weighted by molar-refractivity contribution is -0.0940. The molecular formula is C12H21N3O2. The van der Waals surface area contributed by atoms with Crippen molar-refractivity contribution in [2.45, 2.75) is 31.4 Å². The van der Waals surface area contributed by atoms with Crippen molar-refractivity contribution < 1.29 is 9.47 Å². The molecular weight excluding hydrogens is 218 g/mol. The molecule has 2 aliphatic heterocycles. The Morgan fingerprint density at radius 2 is 2.06 bits per heavy atom. The summed E-state index contributed by atoms with van der Waals surface area (Å²) in [6.45, 7) is 4.18. The molecule has 0 unspecified atom stereocenters. The van der Waals surface area contributed by atoms with Crippen LogP contribution in [-0.4, -0.2) is 55.9 Å². The van der Waals surface area contributed by atoms with Gasteiger partial charge in [-0.05, 0) is 19.3 Å². The molecule has 1 saturated carbocycles. The largest absolute Gasteiger partial charge is 0.378 e. The van der Waals surface area contributed by atoms with Gasteiger partial charge >= 0.3 is 0 Å². The second-order valence-electron chi connectivity index (χ2n) is 5.11. The van der Waals surface area contributed by atoms with Crippen LogP contribution in [0.5, 0.6) is 0 Å². The van der Waals surface area contributed by atoms with Crippen LogP contribution in [0.2, 0.25) is 0 Å². The number of ether oxygens (including phenoxy) is 2. The van der Waals surface area contributed by atoms with E-state index in [4.69, 9.17) is 15.2 Å². The standard InChI is InChI=1S/C12H21N3O2/c13-12(15-3-6-16-7-4-15)14-10-8-11-9(10)2-1-5-17-11/h9-11H,1-8H2,(H2,13,14)/t9-,10+,11-/m0/s1. The summed E-state index contributed by atoms with van der Waals surface area (Å²) in [5, 5.41) is 0. The summed E-state index contributed by atoms with van der Waals surface area (Å²) in [6.07, 6.45) is 3.92. The first kappa shape index (κ1) is 11.3. The van der Waals surface area contributed by atoms with Crippen molar-refractivity contribution in [3.8, 4) is 0 Å². The van der Waals surface area contributed by atoms with E-state index in [1.54, 1.807) is 0 Å². The Hall–Kier alpha value is -0.810. The third-order valence-corrected chi connectivity index (χ3v) is 4.09. The Balaban J connectivity index is 1.57. The minimum atomic E-state index is 0.392. The van der Waals surface area contributed by atoms with E-state index in [0.29, 0.717) is 24.0 Å². The quantitative estimate of drug-likeness (QED) is 0.524. The zero-order valence-corrected chi connectivity index (χ0v) is 10.2. The highest BCUT2D eigenvalue weighted by Gasteiger charge is 2.43. The molecule has 0 amide bonds. The molecule has 1 aliphatic carbocycles. The Morgan fingerprint density at radius 3 is 2.82 bits per heavy atom. The maximum atomic E-state index is 6.06. The van der Waals surface area contributed by atoms with Crippen LogP contribution in [0, 0.1) is 5.92 Å². The highest BCUT2D eigenvalue weighted by atomic mass is 16.5. The topological polar surface area (TPSA) is 60.1 Å². The number of aliphatic imine (C=N–C) groups is 1. The number of hydrogen-bond acceptors (Lipinski definition) is 3. The third-order valence-electron chi connectivity index (χ3n) is 4.09. The average Bonchev–Trinajstić information content (AvgIpc) is 2.37. The third kappa shape index (κ3) is 2.26. The Labute approximate surface area is 102 Å². The number of guanidine groups is 1. The average molecular weight is 239 g/mol. The first-order valence-corrected chi connectivity index (χ1v) is 6.62. The van der Waals surface area contributed by atoms with Crippen LogP contribution in [0.25, 0.3) is 0 Å². The van der Waals surface area contributed by atoms with Crippen molar-refractivity contribution in [2.75, 3.05) is 32.9 Å². The molecule has 3 fully saturated rings. The van der Waals surface area contributed by atoms with E-state index < -0.39 is 0 Å². The summed E-state index contributed by atoms with van der Waals surface area (Å²) in [4.78, 5) is 6.80. The lowest BCUT2D eigenvalue weighted by Crippen LogP contribution is -2.51. The molecule has 0 bridgehead atoms. The van der Waals surface area contributed by atoms with Crippen LogP contribution < -0.4 is 5.73 Å². The number of morpholine rings is 1. The molecule has 0 aromatic rings. The highest BCUT2D eigenvalue weighted by Crippen LogP contribution is 2.39. The maximum absolute atomic E-state index is 6.06. The lowest BCUT2D eigenvalue weighted by atomic mass is 9.73. The van der Waals surface area contributed by atoms with Crippen molar-refractivity contribution in [1.29, 1.82) is 0 Å². The predicted octanol–water partition coefficient (Wildman–Crippen LogP) is 0.201. The van der Waals surface area contributed by atoms with E-state index in [1.807, 2.05) is 0 Å². The van der Waals surface area contributed by atoms with Crippen molar-refractivity contribution in [3.05, 3.63) is 0 Å². The fraction of sp³-hybridized carbons (Fsp3) is 0.917. The van der Waals surface area contributed by atoms with Gasteiger partial charge in [0.1, 0.15) is 0 Å². The van der Waals surface area contributed by atoms with Gasteiger partial charge in [-0.15, -0.1) is 0 Å². The molecule has 2 N–H and O–H groups in total. The number of nitrogens with zero attached hydrogens (tertiary/aromatic N) is 2. The normalized spacial score (nSPS) is 38.5. The Bertz CT molecular complexity index is 302. The first-order chi connectivity index (χ1) is 8.34. The second-order valence-corrected chi connectivity index (χ2v) is 5.11. The molecule has 17 heavy (non-hydrogen) atoms. The van der Waals surface area contributed by atoms with Gasteiger partial charge in [-0.2, -0.15) is 0 Å². The van der Waals surface area contributed by atoms with E-state index in [9.17, 15) is 0 Å². The van der Waals surface area contributed by atoms with E-state index in [1.165, 1.54) is 12.8 Å². The smallest absolute Gasteiger partial charge is 0.191 e. The van der Waals surface area contributed by atoms with Crippen molar-refractivity contribution in [1.82, 2.24) is 4.90 Å². The van der Waals surface area contributed by atoms with E-state index >= 15 is 0 Å². The summed E-state index contributed by atoms with van der Waals surface area (Å²) in [7, 11) is 0. The molecule has 0 radical (unpaired) electrons. The molecule has 2 heterocycles. The van der Waals surface area contributed by atoms with Gasteiger partial charge in [0.05, 0.1) is 25.4 Å². The predicted molar refractivity (Wildman–Crippen MR) is 64.9 cm³/mol. The van der Waals surface area contributed by atoms with E-state index in [2.05, 4.69) is 9.89 Å². The summed E-state index contributed by atoms with van der Waals surface area (Å²) in [5.41, 5.74) is 6.06. The number of hydrogen-bond donors (Lipinski definition) is 1. The van der Waals surface area contributed by atoms with Gasteiger partial charge in [0, 0.05) is 25.6 Å². The minimum Gasteiger partial charge on any atom is -0.378 e. The molecule has 0 aromatic carbocycles. The molecule has 3 aliphatic rings. The van der Waals surface area contributed by atoms with Gasteiger partial charge in [0.15, 0.2) is 5.96 Å². The van der Waals surface area contributed by atoms with Crippen LogP contribution in [0.15, 0.2) is 4.99 Å². The van der Waals surface area contributed by atoms with Crippen molar-refractivity contribution >= 4 is 5.96 Å². The molecule has 96 valence electrons. The van der Waals surface area contributed by atoms with Gasteiger partial charge in [-0.25, -0.2) is 4.99 Å². The molecule has 0 aromatic heterocycles. The van der Waals surface area contributed by atoms with E-state index in [-0.39, 0.29) is 0 Å². The molecule has 0 spiro atoms. The van der Waals surface area contributed by atoms with Crippen molar-refractivity contribution in [3.63, 3.8) is 0 Å². The molecule has 5 heteroatoms. The zero-order valence-electron chi connectivity index (χ0n) is 10.2. The Kier molecular flexibility index (Phi) is 3.20. The SMILES string of the molecule is NC(=N[C@@H]1C[C@@H]2OCCC[C@H]21)N1CCOCC1. The van der Waals surface area contributed by atoms with Crippen molar-refractivity contribution in [2.24, 2.45) is 16.6 Å². The van der Waals surface area contributed by atoms with Crippen LogP contribution in [0.3, 0.4) is 0 Å². The van der Waals surface area contributed by atoms with Gasteiger partial charge < -0.3 is 20.1 Å². The van der Waals surface area contributed by atoms with Gasteiger partial charge in [0.25, 0.3) is 0 Å². The fourth-order valence-corrected chi connectivity index (χ4v) is 2.96. The second kappa shape index (κ2) is 4.82. The zero-order chi connectivity index (χ0) is 11.7. The summed E-state index contributed by atoms with van der Waals surface area (Å²) >= 11 is 0. The first-order valence-electron chi connectivity index (χ1n) is 6.62. The molecule has 2 saturated heterocycles. The maximum Gasteiger partial charge on any atom is 0.191 e. The number of rotatable bonds is 1. The van der Waals surface area contributed by atoms with E-state index in [0.717, 1.165) is 39.3 Å². The molecule has 5 nitrogen and oxygen atoms in total. The fourth-order valence-electron chi connectivity index (χ4n) is 2.96. The molecule has 3 rings (SSSR count). The lowest BCUT2D eigenvalue weighted by Gasteiger charge is -2.45. The van der Waals surface area contributed by atoms with Gasteiger partial charge in [-0.3, -0.25) is 0 Å². The van der Waals surface area contributed by atoms with Crippen LogP contribution in [0.1, 0.15) is 19.3 Å². The van der Waals surface area contributed by atoms with Crippen LogP contribution >= 0.6 is 0 Å². The van der Waals surface area contributed by atoms with Gasteiger partial charge in [0.2, 0.25) is 0 Å². The van der Waals surface area contributed by atoms with Gasteiger partial charge in [-0.1, -0.05) is 0 Å². The Morgan fingerprint density at radius 1 is 1.24 bits per heavy atom. The number of nitrogens with two attached hydrogens (primary N) is 1. The highest BCUT2D eigenvalue weighted by molar-refractivity contribution is 5.78. The van der Waals surface area contributed by atoms with Crippen LogP contribution in [-0.2, 0) is 9.47 Å².